The molecular weight excluding hydrogens is 358 g/mol. The van der Waals surface area contributed by atoms with E-state index in [4.69, 9.17) is 4.74 Å². The van der Waals surface area contributed by atoms with Crippen LogP contribution in [0.15, 0.2) is 42.6 Å². The molecule has 28 heavy (non-hydrogen) atoms. The van der Waals surface area contributed by atoms with E-state index in [9.17, 15) is 9.59 Å². The Morgan fingerprint density at radius 2 is 1.93 bits per heavy atom. The number of aromatic nitrogens is 4. The number of carbonyl (C=O) groups is 2. The maximum atomic E-state index is 12.6. The van der Waals surface area contributed by atoms with Gasteiger partial charge in [0.15, 0.2) is 5.82 Å². The van der Waals surface area contributed by atoms with Gasteiger partial charge in [-0.05, 0) is 39.0 Å². The number of nitrogens with zero attached hydrogens (tertiary/aromatic N) is 4. The first-order chi connectivity index (χ1) is 13.5. The van der Waals surface area contributed by atoms with Gasteiger partial charge in [-0.2, -0.15) is 10.2 Å². The van der Waals surface area contributed by atoms with E-state index in [1.807, 2.05) is 50.2 Å². The van der Waals surface area contributed by atoms with Crippen LogP contribution in [0.3, 0.4) is 0 Å². The summed E-state index contributed by atoms with van der Waals surface area (Å²) in [5.74, 6) is -0.475. The molecule has 2 aromatic heterocycles. The zero-order chi connectivity index (χ0) is 20.1. The highest BCUT2D eigenvalue weighted by molar-refractivity contribution is 6.00. The second-order valence-electron chi connectivity index (χ2n) is 6.32. The standard InChI is InChI=1S/C20H23N5O3/c1-4-28-20(27)17-13-21-25(16-8-6-5-7-9-16)19(17)22-18(26)10-11-24-15(3)12-14(2)23-24/h5-9,12-13H,4,10-11H2,1-3H3,(H,22,26). The average Bonchev–Trinajstić information content (AvgIpc) is 3.23. The third-order valence-corrected chi connectivity index (χ3v) is 4.18. The lowest BCUT2D eigenvalue weighted by atomic mass is 10.3. The summed E-state index contributed by atoms with van der Waals surface area (Å²) >= 11 is 0. The molecule has 0 unspecified atom stereocenters. The topological polar surface area (TPSA) is 91.0 Å². The largest absolute Gasteiger partial charge is 0.462 e. The van der Waals surface area contributed by atoms with Crippen LogP contribution in [0.1, 0.15) is 35.1 Å². The van der Waals surface area contributed by atoms with Crippen LogP contribution < -0.4 is 5.32 Å². The molecule has 2 heterocycles. The van der Waals surface area contributed by atoms with Crippen molar-refractivity contribution in [2.45, 2.75) is 33.7 Å². The molecular formula is C20H23N5O3. The van der Waals surface area contributed by atoms with E-state index >= 15 is 0 Å². The molecule has 0 aliphatic heterocycles. The molecule has 1 amide bonds. The fourth-order valence-electron chi connectivity index (χ4n) is 2.90. The van der Waals surface area contributed by atoms with Crippen LogP contribution >= 0.6 is 0 Å². The molecule has 8 heteroatoms. The van der Waals surface area contributed by atoms with E-state index in [0.717, 1.165) is 17.1 Å². The second kappa shape index (κ2) is 8.51. The Balaban J connectivity index is 1.82. The summed E-state index contributed by atoms with van der Waals surface area (Å²) < 4.78 is 8.40. The number of ether oxygens (including phenoxy) is 1. The van der Waals surface area contributed by atoms with Crippen molar-refractivity contribution in [1.82, 2.24) is 19.6 Å². The van der Waals surface area contributed by atoms with Gasteiger partial charge in [0.05, 0.1) is 24.2 Å². The van der Waals surface area contributed by atoms with Crippen molar-refractivity contribution < 1.29 is 14.3 Å². The smallest absolute Gasteiger partial charge is 0.343 e. The Hall–Kier alpha value is -3.42. The van der Waals surface area contributed by atoms with Crippen LogP contribution in [0.5, 0.6) is 0 Å². The summed E-state index contributed by atoms with van der Waals surface area (Å²) in [4.78, 5) is 24.9. The van der Waals surface area contributed by atoms with Gasteiger partial charge in [-0.3, -0.25) is 9.48 Å². The van der Waals surface area contributed by atoms with Gasteiger partial charge >= 0.3 is 5.97 Å². The number of amides is 1. The van der Waals surface area contributed by atoms with E-state index < -0.39 is 5.97 Å². The van der Waals surface area contributed by atoms with Gasteiger partial charge in [0.1, 0.15) is 5.56 Å². The van der Waals surface area contributed by atoms with Crippen LogP contribution in [0.25, 0.3) is 5.69 Å². The third kappa shape index (κ3) is 4.28. The predicted octanol–water partition coefficient (Wildman–Crippen LogP) is 2.89. The molecule has 0 saturated carbocycles. The van der Waals surface area contributed by atoms with E-state index in [-0.39, 0.29) is 24.5 Å². The van der Waals surface area contributed by atoms with Gasteiger partial charge in [0.25, 0.3) is 0 Å². The number of nitrogens with one attached hydrogen (secondary N) is 1. The molecule has 0 saturated heterocycles. The summed E-state index contributed by atoms with van der Waals surface area (Å²) in [5, 5.41) is 11.4. The van der Waals surface area contributed by atoms with Gasteiger partial charge in [0, 0.05) is 18.7 Å². The van der Waals surface area contributed by atoms with E-state index in [1.165, 1.54) is 10.9 Å². The van der Waals surface area contributed by atoms with Crippen molar-refractivity contribution in [3.63, 3.8) is 0 Å². The number of esters is 1. The summed E-state index contributed by atoms with van der Waals surface area (Å²) in [6, 6.07) is 11.2. The lowest BCUT2D eigenvalue weighted by Gasteiger charge is -2.11. The summed E-state index contributed by atoms with van der Waals surface area (Å²) in [7, 11) is 0. The number of para-hydroxylation sites is 1. The molecule has 3 aromatic rings. The summed E-state index contributed by atoms with van der Waals surface area (Å²) in [6.45, 7) is 6.27. The number of hydrogen-bond acceptors (Lipinski definition) is 5. The molecule has 0 radical (unpaired) electrons. The normalized spacial score (nSPS) is 10.7. The third-order valence-electron chi connectivity index (χ3n) is 4.18. The molecule has 0 fully saturated rings. The fourth-order valence-corrected chi connectivity index (χ4v) is 2.90. The van der Waals surface area contributed by atoms with Crippen LogP contribution in [0, 0.1) is 13.8 Å². The van der Waals surface area contributed by atoms with Crippen molar-refractivity contribution in [1.29, 1.82) is 0 Å². The van der Waals surface area contributed by atoms with Crippen molar-refractivity contribution in [3.05, 3.63) is 59.5 Å². The van der Waals surface area contributed by atoms with Crippen LogP contribution in [-0.2, 0) is 16.1 Å². The Morgan fingerprint density at radius 1 is 1.18 bits per heavy atom. The zero-order valence-electron chi connectivity index (χ0n) is 16.2. The van der Waals surface area contributed by atoms with Gasteiger partial charge in [-0.1, -0.05) is 18.2 Å². The highest BCUT2D eigenvalue weighted by Crippen LogP contribution is 2.21. The SMILES string of the molecule is CCOC(=O)c1cnn(-c2ccccc2)c1NC(=O)CCn1nc(C)cc1C. The Labute approximate surface area is 163 Å². The Bertz CT molecular complexity index is 975. The van der Waals surface area contributed by atoms with E-state index in [1.54, 1.807) is 11.6 Å². The van der Waals surface area contributed by atoms with Crippen molar-refractivity contribution in [2.24, 2.45) is 0 Å². The molecule has 0 aliphatic rings. The molecule has 0 spiro atoms. The molecule has 0 atom stereocenters. The zero-order valence-corrected chi connectivity index (χ0v) is 16.2. The number of carbonyl (C=O) groups excluding carboxylic acids is 2. The summed E-state index contributed by atoms with van der Waals surface area (Å²) in [5.41, 5.74) is 2.84. The monoisotopic (exact) mass is 381 g/mol. The fraction of sp³-hybridized carbons (Fsp3) is 0.300. The van der Waals surface area contributed by atoms with Crippen LogP contribution in [-0.4, -0.2) is 38.0 Å². The number of rotatable bonds is 7. The first-order valence-electron chi connectivity index (χ1n) is 9.11. The molecule has 0 bridgehead atoms. The molecule has 1 N–H and O–H groups in total. The first-order valence-corrected chi connectivity index (χ1v) is 9.11. The van der Waals surface area contributed by atoms with Gasteiger partial charge in [-0.15, -0.1) is 0 Å². The molecule has 0 aliphatic carbocycles. The van der Waals surface area contributed by atoms with Crippen molar-refractivity contribution >= 4 is 17.7 Å². The lowest BCUT2D eigenvalue weighted by molar-refractivity contribution is -0.116. The summed E-state index contributed by atoms with van der Waals surface area (Å²) in [6.07, 6.45) is 1.62. The lowest BCUT2D eigenvalue weighted by Crippen LogP contribution is -2.20. The maximum Gasteiger partial charge on any atom is 0.343 e. The Morgan fingerprint density at radius 3 is 2.57 bits per heavy atom. The first kappa shape index (κ1) is 19.3. The number of hydrogen-bond donors (Lipinski definition) is 1. The van der Waals surface area contributed by atoms with Crippen molar-refractivity contribution in [3.8, 4) is 5.69 Å². The minimum Gasteiger partial charge on any atom is -0.462 e. The second-order valence-corrected chi connectivity index (χ2v) is 6.32. The van der Waals surface area contributed by atoms with E-state index in [0.29, 0.717) is 12.4 Å². The predicted molar refractivity (Wildman–Crippen MR) is 104 cm³/mol. The number of aryl methyl sites for hydroxylation is 3. The number of anilines is 1. The van der Waals surface area contributed by atoms with Crippen molar-refractivity contribution in [2.75, 3.05) is 11.9 Å². The van der Waals surface area contributed by atoms with Gasteiger partial charge < -0.3 is 10.1 Å². The minimum absolute atomic E-state index is 0.212. The van der Waals surface area contributed by atoms with Gasteiger partial charge in [-0.25, -0.2) is 9.48 Å². The van der Waals surface area contributed by atoms with Crippen LogP contribution in [0.4, 0.5) is 5.82 Å². The average molecular weight is 381 g/mol. The van der Waals surface area contributed by atoms with Crippen LogP contribution in [0.2, 0.25) is 0 Å². The molecule has 3 rings (SSSR count). The molecule has 146 valence electrons. The van der Waals surface area contributed by atoms with Gasteiger partial charge in [0.2, 0.25) is 5.91 Å². The molecule has 8 nitrogen and oxygen atoms in total. The van der Waals surface area contributed by atoms with E-state index in [2.05, 4.69) is 15.5 Å². The highest BCUT2D eigenvalue weighted by atomic mass is 16.5. The maximum absolute atomic E-state index is 12.6. The molecule has 1 aromatic carbocycles. The minimum atomic E-state index is -0.529. The highest BCUT2D eigenvalue weighted by Gasteiger charge is 2.21. The Kier molecular flexibility index (Phi) is 5.88. The quantitative estimate of drug-likeness (QED) is 0.636. The number of benzene rings is 1.